The maximum atomic E-state index is 13.8. The summed E-state index contributed by atoms with van der Waals surface area (Å²) >= 11 is 0. The summed E-state index contributed by atoms with van der Waals surface area (Å²) < 4.78 is 2.83. The Bertz CT molecular complexity index is 1490. The minimum Gasteiger partial charge on any atom is -0.295 e. The number of aryl methyl sites for hydroxylation is 2. The third-order valence-electron chi connectivity index (χ3n) is 6.66. The maximum absolute atomic E-state index is 13.8. The van der Waals surface area contributed by atoms with Gasteiger partial charge in [-0.2, -0.15) is 0 Å². The molecule has 0 aliphatic heterocycles. The normalized spacial score (nSPS) is 17.1. The maximum Gasteiger partial charge on any atom is 0.275 e. The van der Waals surface area contributed by atoms with Crippen LogP contribution in [0.15, 0.2) is 94.6 Å². The van der Waals surface area contributed by atoms with Crippen LogP contribution >= 0.6 is 0 Å². The van der Waals surface area contributed by atoms with Crippen molar-refractivity contribution in [3.8, 4) is 11.4 Å². The van der Waals surface area contributed by atoms with Crippen molar-refractivity contribution < 1.29 is 4.92 Å². The molecule has 0 saturated heterocycles. The van der Waals surface area contributed by atoms with E-state index < -0.39 is 17.9 Å². The lowest BCUT2D eigenvalue weighted by atomic mass is 9.75. The highest BCUT2D eigenvalue weighted by atomic mass is 16.6. The average molecular weight is 484 g/mol. The summed E-state index contributed by atoms with van der Waals surface area (Å²) in [7, 11) is 0. The third-order valence-corrected chi connectivity index (χ3v) is 6.66. The van der Waals surface area contributed by atoms with Crippen molar-refractivity contribution >= 4 is 0 Å². The fourth-order valence-corrected chi connectivity index (χ4v) is 5.03. The standard InChI is InChI=1S/C27H25N5O4/c1-17-23(26(33)30(28-17)19-11-5-3-6-12-19)25(21-15-9-10-16-22(21)32(35)36)24-18(2)29-31(27(24)34)20-13-7-4-8-14-20/h3-16,21-22,25,28-29H,1-2H3/t21-,22-/m0/s1. The average Bonchev–Trinajstić information content (AvgIpc) is 3.36. The van der Waals surface area contributed by atoms with Crippen LogP contribution in [0, 0.1) is 29.9 Å². The van der Waals surface area contributed by atoms with Gasteiger partial charge in [0.15, 0.2) is 0 Å². The minimum atomic E-state index is -1.10. The molecule has 2 N–H and O–H groups in total. The summed E-state index contributed by atoms with van der Waals surface area (Å²) in [6.07, 6.45) is 6.58. The van der Waals surface area contributed by atoms with Crippen molar-refractivity contribution in [2.45, 2.75) is 25.8 Å². The Labute approximate surface area is 206 Å². The third kappa shape index (κ3) is 3.84. The van der Waals surface area contributed by atoms with Crippen molar-refractivity contribution in [3.05, 3.63) is 138 Å². The van der Waals surface area contributed by atoms with Gasteiger partial charge in [-0.3, -0.25) is 29.9 Å². The van der Waals surface area contributed by atoms with E-state index in [1.54, 1.807) is 56.3 Å². The van der Waals surface area contributed by atoms with Crippen LogP contribution in [-0.4, -0.2) is 30.5 Å². The van der Waals surface area contributed by atoms with Crippen LogP contribution in [-0.2, 0) is 0 Å². The van der Waals surface area contributed by atoms with Crippen LogP contribution in [0.3, 0.4) is 0 Å². The smallest absolute Gasteiger partial charge is 0.275 e. The predicted octanol–water partition coefficient (Wildman–Crippen LogP) is 3.78. The molecule has 0 saturated carbocycles. The largest absolute Gasteiger partial charge is 0.295 e. The number of H-pyrrole nitrogens is 2. The Morgan fingerprint density at radius 1 is 0.778 bits per heavy atom. The topological polar surface area (TPSA) is 119 Å². The van der Waals surface area contributed by atoms with Crippen molar-refractivity contribution in [2.24, 2.45) is 5.92 Å². The number of para-hydroxylation sites is 2. The van der Waals surface area contributed by atoms with Gasteiger partial charge < -0.3 is 0 Å². The molecule has 0 bridgehead atoms. The molecule has 36 heavy (non-hydrogen) atoms. The Hall–Kier alpha value is -4.66. The molecule has 182 valence electrons. The zero-order valence-electron chi connectivity index (χ0n) is 19.8. The molecule has 0 unspecified atom stereocenters. The molecule has 2 heterocycles. The van der Waals surface area contributed by atoms with E-state index in [1.165, 1.54) is 15.4 Å². The summed E-state index contributed by atoms with van der Waals surface area (Å²) in [4.78, 5) is 39.3. The van der Waals surface area contributed by atoms with Crippen molar-refractivity contribution in [3.63, 3.8) is 0 Å². The number of benzene rings is 2. The second-order valence-corrected chi connectivity index (χ2v) is 8.85. The van der Waals surface area contributed by atoms with Crippen LogP contribution < -0.4 is 11.1 Å². The zero-order valence-corrected chi connectivity index (χ0v) is 19.8. The van der Waals surface area contributed by atoms with Gasteiger partial charge in [0.05, 0.1) is 17.3 Å². The molecule has 0 spiro atoms. The van der Waals surface area contributed by atoms with Crippen molar-refractivity contribution in [2.75, 3.05) is 0 Å². The Kier molecular flexibility index (Phi) is 5.89. The number of aromatic amines is 2. The fourth-order valence-electron chi connectivity index (χ4n) is 5.03. The lowest BCUT2D eigenvalue weighted by molar-refractivity contribution is -0.517. The van der Waals surface area contributed by atoms with Gasteiger partial charge in [-0.25, -0.2) is 9.36 Å². The molecule has 2 atom stereocenters. The van der Waals surface area contributed by atoms with Crippen LogP contribution in [0.1, 0.15) is 28.4 Å². The highest BCUT2D eigenvalue weighted by Gasteiger charge is 2.42. The first-order valence-corrected chi connectivity index (χ1v) is 11.6. The van der Waals surface area contributed by atoms with E-state index in [4.69, 9.17) is 0 Å². The molecule has 2 aromatic heterocycles. The predicted molar refractivity (Wildman–Crippen MR) is 137 cm³/mol. The van der Waals surface area contributed by atoms with Crippen LogP contribution in [0.25, 0.3) is 11.4 Å². The molecule has 0 amide bonds. The minimum absolute atomic E-state index is 0.329. The Balaban J connectivity index is 1.77. The van der Waals surface area contributed by atoms with Gasteiger partial charge in [0, 0.05) is 33.4 Å². The summed E-state index contributed by atoms with van der Waals surface area (Å²) in [5.74, 6) is -1.60. The number of nitrogens with one attached hydrogen (secondary N) is 2. The lowest BCUT2D eigenvalue weighted by Crippen LogP contribution is -2.36. The molecule has 0 radical (unpaired) electrons. The highest BCUT2D eigenvalue weighted by molar-refractivity contribution is 5.43. The highest BCUT2D eigenvalue weighted by Crippen LogP contribution is 2.37. The van der Waals surface area contributed by atoms with E-state index in [0.29, 0.717) is 33.9 Å². The molecule has 2 aromatic carbocycles. The van der Waals surface area contributed by atoms with Crippen molar-refractivity contribution in [1.29, 1.82) is 0 Å². The summed E-state index contributed by atoms with van der Waals surface area (Å²) in [5, 5.41) is 18.3. The summed E-state index contributed by atoms with van der Waals surface area (Å²) in [5.41, 5.74) is 2.32. The molecule has 1 aliphatic rings. The molecule has 1 aliphatic carbocycles. The van der Waals surface area contributed by atoms with Gasteiger partial charge >= 0.3 is 0 Å². The zero-order chi connectivity index (χ0) is 25.4. The summed E-state index contributed by atoms with van der Waals surface area (Å²) in [6.45, 7) is 3.51. The van der Waals surface area contributed by atoms with Gasteiger partial charge in [0.2, 0.25) is 6.04 Å². The van der Waals surface area contributed by atoms with E-state index in [9.17, 15) is 19.7 Å². The van der Waals surface area contributed by atoms with E-state index >= 15 is 0 Å². The van der Waals surface area contributed by atoms with Gasteiger partial charge in [-0.15, -0.1) is 0 Å². The van der Waals surface area contributed by atoms with Crippen LogP contribution in [0.5, 0.6) is 0 Å². The summed E-state index contributed by atoms with van der Waals surface area (Å²) in [6, 6.07) is 17.1. The first kappa shape index (κ1) is 23.1. The van der Waals surface area contributed by atoms with E-state index in [-0.39, 0.29) is 16.0 Å². The molecular formula is C27H25N5O4. The molecule has 9 nitrogen and oxygen atoms in total. The van der Waals surface area contributed by atoms with E-state index in [1.807, 2.05) is 36.4 Å². The lowest BCUT2D eigenvalue weighted by Gasteiger charge is -2.26. The number of rotatable bonds is 6. The monoisotopic (exact) mass is 483 g/mol. The Morgan fingerprint density at radius 3 is 1.67 bits per heavy atom. The molecule has 9 heteroatoms. The van der Waals surface area contributed by atoms with Gasteiger partial charge in [0.25, 0.3) is 11.1 Å². The SMILES string of the molecule is Cc1[nH]n(-c2ccccc2)c(=O)c1C(c1c(C)[nH]n(-c2ccccc2)c1=O)[C@H]1C=CC=C[C@@H]1[N+](=O)[O-]. The van der Waals surface area contributed by atoms with Crippen LogP contribution in [0.4, 0.5) is 0 Å². The number of hydrogen-bond acceptors (Lipinski definition) is 4. The first-order chi connectivity index (χ1) is 17.4. The number of allylic oxidation sites excluding steroid dienone is 2. The number of hydrogen-bond donors (Lipinski definition) is 2. The molecule has 5 rings (SSSR count). The van der Waals surface area contributed by atoms with Gasteiger partial charge in [0.1, 0.15) is 0 Å². The van der Waals surface area contributed by atoms with Crippen molar-refractivity contribution in [1.82, 2.24) is 19.6 Å². The quantitative estimate of drug-likeness (QED) is 0.320. The second kappa shape index (κ2) is 9.18. The van der Waals surface area contributed by atoms with E-state index in [0.717, 1.165) is 0 Å². The fraction of sp³-hybridized carbons (Fsp3) is 0.185. The molecule has 0 fully saturated rings. The Morgan fingerprint density at radius 2 is 1.22 bits per heavy atom. The van der Waals surface area contributed by atoms with Gasteiger partial charge in [-0.1, -0.05) is 54.6 Å². The van der Waals surface area contributed by atoms with Gasteiger partial charge in [-0.05, 0) is 44.2 Å². The molecular weight excluding hydrogens is 458 g/mol. The molecule has 4 aromatic rings. The number of nitrogens with zero attached hydrogens (tertiary/aromatic N) is 3. The van der Waals surface area contributed by atoms with Crippen LogP contribution in [0.2, 0.25) is 0 Å². The van der Waals surface area contributed by atoms with E-state index in [2.05, 4.69) is 10.2 Å². The first-order valence-electron chi connectivity index (χ1n) is 11.6. The second-order valence-electron chi connectivity index (χ2n) is 8.85. The number of nitro groups is 1. The number of aromatic nitrogens is 4.